The van der Waals surface area contributed by atoms with Crippen molar-refractivity contribution in [3.05, 3.63) is 0 Å². The second kappa shape index (κ2) is 13.3. The second-order valence-electron chi connectivity index (χ2n) is 5.60. The largest absolute Gasteiger partial charge is 0.481 e. The van der Waals surface area contributed by atoms with Gasteiger partial charge in [-0.25, -0.2) is 8.78 Å². The van der Waals surface area contributed by atoms with Gasteiger partial charge in [0, 0.05) is 0 Å². The predicted octanol–water partition coefficient (Wildman–Crippen LogP) is 5.65. The molecule has 0 amide bonds. The van der Waals surface area contributed by atoms with E-state index in [4.69, 9.17) is 5.11 Å². The van der Waals surface area contributed by atoms with Crippen LogP contribution in [-0.4, -0.2) is 17.5 Å². The Morgan fingerprint density at radius 1 is 0.850 bits per heavy atom. The standard InChI is InChI=1S/C16H30F2O2/c1-2-3-4-5-6-7-8-9-10-11-12-13-14(15(17)18)16(19)20/h14-15H,2-13H2,1H3,(H,19,20)/t14-/m1/s1. The summed E-state index contributed by atoms with van der Waals surface area (Å²) in [5, 5.41) is 8.63. The van der Waals surface area contributed by atoms with Crippen LogP contribution in [0.2, 0.25) is 0 Å². The summed E-state index contributed by atoms with van der Waals surface area (Å²) in [7, 11) is 0. The van der Waals surface area contributed by atoms with Gasteiger partial charge in [-0.3, -0.25) is 4.79 Å². The van der Waals surface area contributed by atoms with Crippen LogP contribution < -0.4 is 0 Å². The lowest BCUT2D eigenvalue weighted by Crippen LogP contribution is -2.21. The minimum absolute atomic E-state index is 0.101. The molecule has 0 aliphatic heterocycles. The Kier molecular flexibility index (Phi) is 12.9. The first kappa shape index (κ1) is 19.3. The Balaban J connectivity index is 3.29. The number of hydrogen-bond donors (Lipinski definition) is 1. The summed E-state index contributed by atoms with van der Waals surface area (Å²) in [4.78, 5) is 10.6. The van der Waals surface area contributed by atoms with E-state index in [9.17, 15) is 13.6 Å². The lowest BCUT2D eigenvalue weighted by molar-refractivity contribution is -0.147. The van der Waals surface area contributed by atoms with Crippen LogP contribution in [0.15, 0.2) is 0 Å². The molecule has 0 radical (unpaired) electrons. The summed E-state index contributed by atoms with van der Waals surface area (Å²) >= 11 is 0. The average Bonchev–Trinajstić information content (AvgIpc) is 2.39. The molecule has 0 saturated heterocycles. The van der Waals surface area contributed by atoms with E-state index >= 15 is 0 Å². The average molecular weight is 292 g/mol. The monoisotopic (exact) mass is 292 g/mol. The molecule has 0 fully saturated rings. The van der Waals surface area contributed by atoms with Gasteiger partial charge in [-0.2, -0.15) is 0 Å². The normalized spacial score (nSPS) is 12.8. The number of alkyl halides is 2. The van der Waals surface area contributed by atoms with Gasteiger partial charge < -0.3 is 5.11 Å². The van der Waals surface area contributed by atoms with Crippen molar-refractivity contribution in [3.8, 4) is 0 Å². The van der Waals surface area contributed by atoms with Gasteiger partial charge in [0.1, 0.15) is 5.92 Å². The molecule has 0 aromatic carbocycles. The van der Waals surface area contributed by atoms with Gasteiger partial charge in [0.15, 0.2) is 0 Å². The highest BCUT2D eigenvalue weighted by Crippen LogP contribution is 2.19. The molecule has 120 valence electrons. The first-order valence-electron chi connectivity index (χ1n) is 8.10. The summed E-state index contributed by atoms with van der Waals surface area (Å²) in [6.45, 7) is 2.21. The molecule has 1 atom stereocenters. The summed E-state index contributed by atoms with van der Waals surface area (Å²) < 4.78 is 24.7. The first-order valence-corrected chi connectivity index (χ1v) is 8.10. The van der Waals surface area contributed by atoms with Crippen LogP contribution in [-0.2, 0) is 4.79 Å². The van der Waals surface area contributed by atoms with Gasteiger partial charge in [0.2, 0.25) is 0 Å². The van der Waals surface area contributed by atoms with Crippen molar-refractivity contribution in [2.45, 2.75) is 90.4 Å². The number of carboxylic acids is 1. The molecule has 0 rings (SSSR count). The van der Waals surface area contributed by atoms with E-state index in [0.717, 1.165) is 19.3 Å². The maximum Gasteiger partial charge on any atom is 0.312 e. The Hall–Kier alpha value is -0.670. The number of aliphatic carboxylic acids is 1. The highest BCUT2D eigenvalue weighted by atomic mass is 19.3. The lowest BCUT2D eigenvalue weighted by Gasteiger charge is -2.10. The van der Waals surface area contributed by atoms with Crippen molar-refractivity contribution in [3.63, 3.8) is 0 Å². The molecular formula is C16H30F2O2. The van der Waals surface area contributed by atoms with E-state index in [1.165, 1.54) is 44.9 Å². The SMILES string of the molecule is CCCCCCCCCCCCC[C@@H](C(=O)O)C(F)F. The number of hydrogen-bond acceptors (Lipinski definition) is 1. The van der Waals surface area contributed by atoms with E-state index in [2.05, 4.69) is 6.92 Å². The van der Waals surface area contributed by atoms with Crippen LogP contribution in [0.5, 0.6) is 0 Å². The third-order valence-electron chi connectivity index (χ3n) is 3.74. The molecule has 0 saturated carbocycles. The van der Waals surface area contributed by atoms with Crippen LogP contribution in [0.25, 0.3) is 0 Å². The molecule has 0 bridgehead atoms. The van der Waals surface area contributed by atoms with Crippen LogP contribution in [0.4, 0.5) is 8.78 Å². The minimum atomic E-state index is -2.74. The molecule has 20 heavy (non-hydrogen) atoms. The van der Waals surface area contributed by atoms with Crippen molar-refractivity contribution in [2.24, 2.45) is 5.92 Å². The zero-order chi connectivity index (χ0) is 15.2. The molecule has 0 aliphatic rings. The third-order valence-corrected chi connectivity index (χ3v) is 3.74. The van der Waals surface area contributed by atoms with E-state index in [1.54, 1.807) is 0 Å². The zero-order valence-electron chi connectivity index (χ0n) is 12.8. The van der Waals surface area contributed by atoms with E-state index < -0.39 is 18.3 Å². The maximum atomic E-state index is 12.4. The first-order chi connectivity index (χ1) is 9.59. The van der Waals surface area contributed by atoms with Crippen LogP contribution >= 0.6 is 0 Å². The van der Waals surface area contributed by atoms with Gasteiger partial charge in [-0.15, -0.1) is 0 Å². The van der Waals surface area contributed by atoms with Crippen LogP contribution in [0.1, 0.15) is 84.0 Å². The molecule has 0 aliphatic carbocycles. The fourth-order valence-corrected chi connectivity index (χ4v) is 2.39. The van der Waals surface area contributed by atoms with Crippen molar-refractivity contribution in [2.75, 3.05) is 0 Å². The number of carboxylic acid groups (broad SMARTS) is 1. The zero-order valence-corrected chi connectivity index (χ0v) is 12.8. The predicted molar refractivity (Wildman–Crippen MR) is 78.2 cm³/mol. The Morgan fingerprint density at radius 2 is 1.25 bits per heavy atom. The van der Waals surface area contributed by atoms with Gasteiger partial charge in [0.05, 0.1) is 0 Å². The highest BCUT2D eigenvalue weighted by molar-refractivity contribution is 5.70. The molecule has 2 nitrogen and oxygen atoms in total. The van der Waals surface area contributed by atoms with E-state index in [-0.39, 0.29) is 6.42 Å². The highest BCUT2D eigenvalue weighted by Gasteiger charge is 2.26. The number of unbranched alkanes of at least 4 members (excludes halogenated alkanes) is 10. The van der Waals surface area contributed by atoms with Crippen molar-refractivity contribution in [1.29, 1.82) is 0 Å². The smallest absolute Gasteiger partial charge is 0.312 e. The molecule has 0 aromatic rings. The quantitative estimate of drug-likeness (QED) is 0.420. The Bertz CT molecular complexity index is 233. The van der Waals surface area contributed by atoms with E-state index in [0.29, 0.717) is 6.42 Å². The summed E-state index contributed by atoms with van der Waals surface area (Å²) in [6.07, 6.45) is 10.0. The minimum Gasteiger partial charge on any atom is -0.481 e. The molecule has 0 unspecified atom stereocenters. The van der Waals surface area contributed by atoms with Crippen molar-refractivity contribution in [1.82, 2.24) is 0 Å². The third kappa shape index (κ3) is 11.2. The summed E-state index contributed by atoms with van der Waals surface area (Å²) in [5.41, 5.74) is 0. The lowest BCUT2D eigenvalue weighted by atomic mass is 10.0. The van der Waals surface area contributed by atoms with Crippen LogP contribution in [0.3, 0.4) is 0 Å². The molecular weight excluding hydrogens is 262 g/mol. The number of halogens is 2. The molecule has 0 aromatic heterocycles. The van der Waals surface area contributed by atoms with Gasteiger partial charge in [0.25, 0.3) is 6.43 Å². The topological polar surface area (TPSA) is 37.3 Å². The summed E-state index contributed by atoms with van der Waals surface area (Å²) in [6, 6.07) is 0. The second-order valence-corrected chi connectivity index (χ2v) is 5.60. The summed E-state index contributed by atoms with van der Waals surface area (Å²) in [5.74, 6) is -2.85. The number of carbonyl (C=O) groups is 1. The molecule has 1 N–H and O–H groups in total. The maximum absolute atomic E-state index is 12.4. The van der Waals surface area contributed by atoms with Gasteiger partial charge in [-0.05, 0) is 6.42 Å². The van der Waals surface area contributed by atoms with Gasteiger partial charge in [-0.1, -0.05) is 77.6 Å². The number of rotatable bonds is 14. The van der Waals surface area contributed by atoms with Crippen molar-refractivity contribution >= 4 is 5.97 Å². The van der Waals surface area contributed by atoms with Gasteiger partial charge >= 0.3 is 5.97 Å². The molecule has 0 heterocycles. The Morgan fingerprint density at radius 3 is 1.60 bits per heavy atom. The van der Waals surface area contributed by atoms with Crippen molar-refractivity contribution < 1.29 is 18.7 Å². The fourth-order valence-electron chi connectivity index (χ4n) is 2.39. The molecule has 4 heteroatoms. The van der Waals surface area contributed by atoms with E-state index in [1.807, 2.05) is 0 Å². The Labute approximate surface area is 122 Å². The fraction of sp³-hybridized carbons (Fsp3) is 0.938. The molecule has 0 spiro atoms. The van der Waals surface area contributed by atoms with Crippen LogP contribution in [0, 0.1) is 5.92 Å².